The molecule has 0 saturated carbocycles. The summed E-state index contributed by atoms with van der Waals surface area (Å²) >= 11 is 0. The maximum Gasteiger partial charge on any atom is 0.416 e. The number of methoxy groups -OCH3 is 1. The number of rotatable bonds is 7. The Morgan fingerprint density at radius 1 is 1.31 bits per heavy atom. The average Bonchev–Trinajstić information content (AvgIpc) is 2.66. The Labute approximate surface area is 163 Å². The number of ether oxygens (including phenoxy) is 1. The third-order valence-electron chi connectivity index (χ3n) is 4.13. The first-order valence-corrected chi connectivity index (χ1v) is 8.72. The predicted octanol–water partition coefficient (Wildman–Crippen LogP) is 1.84. The molecule has 1 aromatic carbocycles. The van der Waals surface area contributed by atoms with Crippen LogP contribution in [0.4, 0.5) is 24.7 Å². The topological polar surface area (TPSA) is 110 Å². The van der Waals surface area contributed by atoms with Gasteiger partial charge in [0.15, 0.2) is 5.69 Å². The monoisotopic (exact) mass is 414 g/mol. The zero-order chi connectivity index (χ0) is 21.8. The van der Waals surface area contributed by atoms with Crippen molar-refractivity contribution in [3.8, 4) is 0 Å². The second-order valence-corrected chi connectivity index (χ2v) is 6.17. The second kappa shape index (κ2) is 8.95. The van der Waals surface area contributed by atoms with Gasteiger partial charge in [-0.05, 0) is 24.6 Å². The number of carbonyl (C=O) groups is 1. The molecule has 0 fully saturated rings. The molecule has 1 aromatic heterocycles. The van der Waals surface area contributed by atoms with Gasteiger partial charge in [0.25, 0.3) is 11.5 Å². The van der Waals surface area contributed by atoms with Crippen LogP contribution in [0.2, 0.25) is 0 Å². The van der Waals surface area contributed by atoms with E-state index in [-0.39, 0.29) is 36.8 Å². The molecule has 0 spiro atoms. The largest absolute Gasteiger partial charge is 0.416 e. The number of carbonyl (C=O) groups excluding carboxylic acids is 1. The van der Waals surface area contributed by atoms with Crippen molar-refractivity contribution in [1.82, 2.24) is 9.55 Å². The van der Waals surface area contributed by atoms with E-state index in [4.69, 9.17) is 10.5 Å². The number of nitrogen functional groups attached to an aromatic ring is 1. The highest BCUT2D eigenvalue weighted by molar-refractivity contribution is 6.07. The first-order chi connectivity index (χ1) is 13.6. The standard InChI is InChI=1S/C18H21F3N4O4/c1-3-7-25-14(22)13(15(26)23-17(25)28)24(8-9-29-2)16(27)11-5-4-6-12(10-11)18(19,20)21/h4-6,10H,3,7-9,22H2,1-2H3,(H,23,26,28). The maximum absolute atomic E-state index is 13.0. The van der Waals surface area contributed by atoms with Crippen LogP contribution in [0.15, 0.2) is 33.9 Å². The Morgan fingerprint density at radius 3 is 2.59 bits per heavy atom. The van der Waals surface area contributed by atoms with E-state index < -0.39 is 28.9 Å². The highest BCUT2D eigenvalue weighted by Gasteiger charge is 2.32. The van der Waals surface area contributed by atoms with Crippen LogP contribution in [0.5, 0.6) is 0 Å². The molecule has 11 heteroatoms. The van der Waals surface area contributed by atoms with E-state index in [9.17, 15) is 27.6 Å². The fraction of sp³-hybridized carbons (Fsp3) is 0.389. The van der Waals surface area contributed by atoms with Gasteiger partial charge < -0.3 is 10.5 Å². The number of nitrogens with zero attached hydrogens (tertiary/aromatic N) is 2. The van der Waals surface area contributed by atoms with Crippen LogP contribution >= 0.6 is 0 Å². The molecule has 1 amide bonds. The van der Waals surface area contributed by atoms with Crippen LogP contribution < -0.4 is 21.9 Å². The molecule has 158 valence electrons. The Balaban J connectivity index is 2.62. The average molecular weight is 414 g/mol. The number of amides is 1. The Hall–Kier alpha value is -3.08. The van der Waals surface area contributed by atoms with Crippen molar-refractivity contribution in [1.29, 1.82) is 0 Å². The van der Waals surface area contributed by atoms with Gasteiger partial charge >= 0.3 is 11.9 Å². The quantitative estimate of drug-likeness (QED) is 0.718. The Bertz CT molecular complexity index is 998. The molecule has 0 atom stereocenters. The SMILES string of the molecule is CCCn1c(N)c(N(CCOC)C(=O)c2cccc(C(F)(F)F)c2)c(=O)[nH]c1=O. The lowest BCUT2D eigenvalue weighted by Gasteiger charge is -2.24. The lowest BCUT2D eigenvalue weighted by atomic mass is 10.1. The predicted molar refractivity (Wildman–Crippen MR) is 101 cm³/mol. The Morgan fingerprint density at radius 2 is 2.00 bits per heavy atom. The minimum atomic E-state index is -4.64. The summed E-state index contributed by atoms with van der Waals surface area (Å²) in [5, 5.41) is 0. The third-order valence-corrected chi connectivity index (χ3v) is 4.13. The molecule has 8 nitrogen and oxygen atoms in total. The van der Waals surface area contributed by atoms with Gasteiger partial charge in [-0.3, -0.25) is 24.0 Å². The van der Waals surface area contributed by atoms with Crippen LogP contribution in [-0.4, -0.2) is 35.7 Å². The van der Waals surface area contributed by atoms with Crippen LogP contribution in [0, 0.1) is 0 Å². The van der Waals surface area contributed by atoms with Crippen molar-refractivity contribution >= 4 is 17.4 Å². The van der Waals surface area contributed by atoms with Gasteiger partial charge in [0.2, 0.25) is 0 Å². The number of aromatic nitrogens is 2. The second-order valence-electron chi connectivity index (χ2n) is 6.17. The highest BCUT2D eigenvalue weighted by atomic mass is 19.4. The van der Waals surface area contributed by atoms with Gasteiger partial charge in [0, 0.05) is 25.8 Å². The van der Waals surface area contributed by atoms with Crippen molar-refractivity contribution in [2.24, 2.45) is 0 Å². The summed E-state index contributed by atoms with van der Waals surface area (Å²) in [4.78, 5) is 40.4. The fourth-order valence-corrected chi connectivity index (χ4v) is 2.77. The molecule has 0 aliphatic rings. The van der Waals surface area contributed by atoms with E-state index in [0.29, 0.717) is 12.5 Å². The summed E-state index contributed by atoms with van der Waals surface area (Å²) in [5.74, 6) is -1.14. The van der Waals surface area contributed by atoms with Crippen molar-refractivity contribution in [2.75, 3.05) is 30.9 Å². The normalized spacial score (nSPS) is 11.5. The fourth-order valence-electron chi connectivity index (χ4n) is 2.77. The van der Waals surface area contributed by atoms with E-state index >= 15 is 0 Å². The number of halogens is 3. The lowest BCUT2D eigenvalue weighted by Crippen LogP contribution is -2.42. The summed E-state index contributed by atoms with van der Waals surface area (Å²) in [6, 6.07) is 3.81. The number of alkyl halides is 3. The van der Waals surface area contributed by atoms with Crippen molar-refractivity contribution in [3.05, 3.63) is 56.2 Å². The van der Waals surface area contributed by atoms with Crippen LogP contribution in [-0.2, 0) is 17.5 Å². The van der Waals surface area contributed by atoms with Crippen LogP contribution in [0.25, 0.3) is 0 Å². The van der Waals surface area contributed by atoms with Crippen LogP contribution in [0.1, 0.15) is 29.3 Å². The maximum atomic E-state index is 13.0. The number of nitrogens with one attached hydrogen (secondary N) is 1. The zero-order valence-corrected chi connectivity index (χ0v) is 15.9. The summed E-state index contributed by atoms with van der Waals surface area (Å²) in [6.45, 7) is 1.79. The molecule has 0 radical (unpaired) electrons. The molecular formula is C18H21F3N4O4. The summed E-state index contributed by atoms with van der Waals surface area (Å²) in [7, 11) is 1.36. The van der Waals surface area contributed by atoms with E-state index in [0.717, 1.165) is 21.6 Å². The molecule has 1 heterocycles. The molecule has 3 N–H and O–H groups in total. The number of hydrogen-bond donors (Lipinski definition) is 2. The molecule has 0 unspecified atom stereocenters. The van der Waals surface area contributed by atoms with E-state index in [1.807, 2.05) is 0 Å². The Kier molecular flexibility index (Phi) is 6.85. The van der Waals surface area contributed by atoms with Gasteiger partial charge in [-0.25, -0.2) is 4.79 Å². The molecule has 0 saturated heterocycles. The van der Waals surface area contributed by atoms with Crippen molar-refractivity contribution < 1.29 is 22.7 Å². The molecule has 2 rings (SSSR count). The summed E-state index contributed by atoms with van der Waals surface area (Å²) in [5.41, 5.74) is 2.71. The molecule has 0 aliphatic heterocycles. The van der Waals surface area contributed by atoms with Gasteiger partial charge in [-0.15, -0.1) is 0 Å². The van der Waals surface area contributed by atoms with Gasteiger partial charge in [-0.1, -0.05) is 13.0 Å². The first kappa shape index (κ1) is 22.2. The molecule has 2 aromatic rings. The number of hydrogen-bond acceptors (Lipinski definition) is 5. The van der Waals surface area contributed by atoms with E-state index in [1.165, 1.54) is 13.2 Å². The number of nitrogens with two attached hydrogens (primary N) is 1. The zero-order valence-electron chi connectivity index (χ0n) is 15.9. The van der Waals surface area contributed by atoms with Crippen LogP contribution in [0.3, 0.4) is 0 Å². The number of anilines is 2. The number of aromatic amines is 1. The summed E-state index contributed by atoms with van der Waals surface area (Å²) < 4.78 is 45.1. The smallest absolute Gasteiger partial charge is 0.383 e. The first-order valence-electron chi connectivity index (χ1n) is 8.72. The third kappa shape index (κ3) is 4.86. The molecule has 0 aliphatic carbocycles. The van der Waals surface area contributed by atoms with Crippen molar-refractivity contribution in [2.45, 2.75) is 26.1 Å². The number of benzene rings is 1. The molecular weight excluding hydrogens is 393 g/mol. The summed E-state index contributed by atoms with van der Waals surface area (Å²) in [6.07, 6.45) is -4.12. The minimum absolute atomic E-state index is 0.0174. The number of H-pyrrole nitrogens is 1. The molecule has 29 heavy (non-hydrogen) atoms. The van der Waals surface area contributed by atoms with E-state index in [1.54, 1.807) is 6.92 Å². The van der Waals surface area contributed by atoms with Gasteiger partial charge in [0.1, 0.15) is 5.82 Å². The van der Waals surface area contributed by atoms with Gasteiger partial charge in [0.05, 0.1) is 12.2 Å². The van der Waals surface area contributed by atoms with Crippen molar-refractivity contribution in [3.63, 3.8) is 0 Å². The minimum Gasteiger partial charge on any atom is -0.383 e. The van der Waals surface area contributed by atoms with E-state index in [2.05, 4.69) is 4.98 Å². The molecule has 0 bridgehead atoms. The lowest BCUT2D eigenvalue weighted by molar-refractivity contribution is -0.137. The highest BCUT2D eigenvalue weighted by Crippen LogP contribution is 2.30. The van der Waals surface area contributed by atoms with Gasteiger partial charge in [-0.2, -0.15) is 13.2 Å².